The van der Waals surface area contributed by atoms with Crippen LogP contribution in [-0.2, 0) is 4.79 Å². The zero-order valence-corrected chi connectivity index (χ0v) is 6.32. The van der Waals surface area contributed by atoms with Gasteiger partial charge in [0.2, 0.25) is 0 Å². The number of alkyl halides is 1. The Labute approximate surface area is 56.6 Å². The van der Waals surface area contributed by atoms with Crippen molar-refractivity contribution in [3.63, 3.8) is 0 Å². The van der Waals surface area contributed by atoms with Gasteiger partial charge in [-0.25, -0.2) is 0 Å². The van der Waals surface area contributed by atoms with Gasteiger partial charge in [-0.1, -0.05) is 15.9 Å². The Kier molecular flexibility index (Phi) is 2.17. The van der Waals surface area contributed by atoms with E-state index in [9.17, 15) is 4.79 Å². The first-order chi connectivity index (χ1) is 3.50. The van der Waals surface area contributed by atoms with Gasteiger partial charge < -0.3 is 0 Å². The average molecular weight is 176 g/mol. The van der Waals surface area contributed by atoms with E-state index in [1.165, 1.54) is 13.8 Å². The topological polar surface area (TPSA) is 40.9 Å². The highest BCUT2D eigenvalue weighted by Crippen LogP contribution is 2.15. The lowest BCUT2D eigenvalue weighted by Crippen LogP contribution is -2.22. The molecule has 0 aromatic heterocycles. The molecule has 8 heavy (non-hydrogen) atoms. The van der Waals surface area contributed by atoms with E-state index >= 15 is 0 Å². The molecule has 0 aliphatic rings. The lowest BCUT2D eigenvalue weighted by Gasteiger charge is -2.04. The highest BCUT2D eigenvalue weighted by Gasteiger charge is 2.24. The van der Waals surface area contributed by atoms with Gasteiger partial charge in [0.15, 0.2) is 10.1 Å². The number of Topliss-reactive ketones (excluding diaryl/α,β-unsaturated/α-hetero) is 1. The minimum Gasteiger partial charge on any atom is -0.297 e. The van der Waals surface area contributed by atoms with Crippen LogP contribution in [0.2, 0.25) is 0 Å². The smallest absolute Gasteiger partial charge is 0.167 e. The van der Waals surface area contributed by atoms with E-state index in [0.29, 0.717) is 0 Å². The summed E-state index contributed by atoms with van der Waals surface area (Å²) in [6.45, 7) is 2.90. The summed E-state index contributed by atoms with van der Waals surface area (Å²) in [6, 6.07) is 1.81. The van der Waals surface area contributed by atoms with Gasteiger partial charge >= 0.3 is 0 Å². The molecule has 3 heteroatoms. The van der Waals surface area contributed by atoms with Crippen LogP contribution in [0.15, 0.2) is 0 Å². The molecule has 1 unspecified atom stereocenters. The number of carbonyl (C=O) groups is 1. The molecular weight excluding hydrogens is 170 g/mol. The maximum absolute atomic E-state index is 10.4. The van der Waals surface area contributed by atoms with Gasteiger partial charge in [-0.3, -0.25) is 4.79 Å². The standard InChI is InChI=1S/C5H6BrNO/c1-4(8)5(2,6)3-7/h1-2H3. The number of hydrogen-bond donors (Lipinski definition) is 0. The summed E-state index contributed by atoms with van der Waals surface area (Å²) >= 11 is 2.93. The Morgan fingerprint density at radius 3 is 2.25 bits per heavy atom. The highest BCUT2D eigenvalue weighted by molar-refractivity contribution is 9.10. The first-order valence-electron chi connectivity index (χ1n) is 2.12. The fourth-order valence-corrected chi connectivity index (χ4v) is 0.0787. The highest BCUT2D eigenvalue weighted by atomic mass is 79.9. The van der Waals surface area contributed by atoms with Gasteiger partial charge in [0.25, 0.3) is 0 Å². The van der Waals surface area contributed by atoms with Crippen molar-refractivity contribution in [1.29, 1.82) is 5.26 Å². The molecule has 0 aromatic rings. The number of hydrogen-bond acceptors (Lipinski definition) is 2. The molecule has 2 nitrogen and oxygen atoms in total. The van der Waals surface area contributed by atoms with Crippen molar-refractivity contribution < 1.29 is 4.79 Å². The first-order valence-corrected chi connectivity index (χ1v) is 2.91. The van der Waals surface area contributed by atoms with Crippen LogP contribution in [0.3, 0.4) is 0 Å². The summed E-state index contributed by atoms with van der Waals surface area (Å²) in [7, 11) is 0. The minimum atomic E-state index is -0.979. The van der Waals surface area contributed by atoms with E-state index < -0.39 is 4.32 Å². The van der Waals surface area contributed by atoms with Gasteiger partial charge in [0.1, 0.15) is 0 Å². The third kappa shape index (κ3) is 1.63. The van der Waals surface area contributed by atoms with E-state index in [0.717, 1.165) is 0 Å². The minimum absolute atomic E-state index is 0.167. The summed E-state index contributed by atoms with van der Waals surface area (Å²) in [5.41, 5.74) is 0. The summed E-state index contributed by atoms with van der Waals surface area (Å²) in [6.07, 6.45) is 0. The quantitative estimate of drug-likeness (QED) is 0.564. The lowest BCUT2D eigenvalue weighted by atomic mass is 10.1. The zero-order valence-electron chi connectivity index (χ0n) is 4.73. The second-order valence-electron chi connectivity index (χ2n) is 1.67. The Morgan fingerprint density at radius 1 is 1.88 bits per heavy atom. The van der Waals surface area contributed by atoms with E-state index in [4.69, 9.17) is 5.26 Å². The van der Waals surface area contributed by atoms with Crippen molar-refractivity contribution in [3.8, 4) is 6.07 Å². The molecule has 44 valence electrons. The maximum atomic E-state index is 10.4. The molecule has 0 aliphatic carbocycles. The van der Waals surface area contributed by atoms with Crippen LogP contribution < -0.4 is 0 Å². The van der Waals surface area contributed by atoms with E-state index in [1.807, 2.05) is 6.07 Å². The van der Waals surface area contributed by atoms with Crippen LogP contribution in [0.25, 0.3) is 0 Å². The van der Waals surface area contributed by atoms with E-state index in [1.54, 1.807) is 0 Å². The van der Waals surface area contributed by atoms with Gasteiger partial charge in [-0.2, -0.15) is 5.26 Å². The Bertz CT molecular complexity index is 145. The molecule has 0 radical (unpaired) electrons. The van der Waals surface area contributed by atoms with Gasteiger partial charge in [-0.15, -0.1) is 0 Å². The number of carbonyl (C=O) groups excluding carboxylic acids is 1. The van der Waals surface area contributed by atoms with Crippen molar-refractivity contribution in [1.82, 2.24) is 0 Å². The second-order valence-corrected chi connectivity index (χ2v) is 3.26. The molecule has 0 heterocycles. The third-order valence-electron chi connectivity index (χ3n) is 0.871. The summed E-state index contributed by atoms with van der Waals surface area (Å²) in [4.78, 5) is 10.4. The van der Waals surface area contributed by atoms with Crippen molar-refractivity contribution in [2.45, 2.75) is 18.2 Å². The van der Waals surface area contributed by atoms with Gasteiger partial charge in [0, 0.05) is 0 Å². The molecule has 0 aliphatic heterocycles. The number of nitrogens with zero attached hydrogens (tertiary/aromatic N) is 1. The normalized spacial score (nSPS) is 16.2. The summed E-state index contributed by atoms with van der Waals surface area (Å²) in [5, 5.41) is 8.25. The molecular formula is C5H6BrNO. The fourth-order valence-electron chi connectivity index (χ4n) is 0.0787. The molecule has 0 saturated heterocycles. The zero-order chi connectivity index (χ0) is 6.78. The largest absolute Gasteiger partial charge is 0.297 e. The predicted octanol–water partition coefficient (Wildman–Crippen LogP) is 1.25. The SMILES string of the molecule is CC(=O)C(C)(Br)C#N. The first kappa shape index (κ1) is 7.64. The third-order valence-corrected chi connectivity index (χ3v) is 1.61. The van der Waals surface area contributed by atoms with Crippen molar-refractivity contribution in [2.24, 2.45) is 0 Å². The fraction of sp³-hybridized carbons (Fsp3) is 0.600. The van der Waals surface area contributed by atoms with Crippen LogP contribution in [0.5, 0.6) is 0 Å². The monoisotopic (exact) mass is 175 g/mol. The number of halogens is 1. The molecule has 0 amide bonds. The maximum Gasteiger partial charge on any atom is 0.167 e. The Balaban J connectivity index is 4.19. The molecule has 0 aromatic carbocycles. The van der Waals surface area contributed by atoms with E-state index in [-0.39, 0.29) is 5.78 Å². The van der Waals surface area contributed by atoms with Crippen LogP contribution >= 0.6 is 15.9 Å². The number of ketones is 1. The number of rotatable bonds is 1. The van der Waals surface area contributed by atoms with Crippen molar-refractivity contribution >= 4 is 21.7 Å². The van der Waals surface area contributed by atoms with Crippen LogP contribution in [0.1, 0.15) is 13.8 Å². The molecule has 0 saturated carbocycles. The number of nitriles is 1. The second kappa shape index (κ2) is 2.27. The van der Waals surface area contributed by atoms with Crippen LogP contribution in [0, 0.1) is 11.3 Å². The molecule has 1 atom stereocenters. The Hall–Kier alpha value is -0.360. The van der Waals surface area contributed by atoms with Gasteiger partial charge in [-0.05, 0) is 13.8 Å². The van der Waals surface area contributed by atoms with Crippen LogP contribution in [0.4, 0.5) is 0 Å². The Morgan fingerprint density at radius 2 is 2.25 bits per heavy atom. The van der Waals surface area contributed by atoms with E-state index in [2.05, 4.69) is 15.9 Å². The molecule has 0 spiro atoms. The molecule has 0 N–H and O–H groups in total. The lowest BCUT2D eigenvalue weighted by molar-refractivity contribution is -0.117. The van der Waals surface area contributed by atoms with Gasteiger partial charge in [0.05, 0.1) is 6.07 Å². The van der Waals surface area contributed by atoms with Crippen molar-refractivity contribution in [3.05, 3.63) is 0 Å². The van der Waals surface area contributed by atoms with Crippen molar-refractivity contribution in [2.75, 3.05) is 0 Å². The predicted molar refractivity (Wildman–Crippen MR) is 33.6 cm³/mol. The summed E-state index contributed by atoms with van der Waals surface area (Å²) in [5.74, 6) is -0.167. The van der Waals surface area contributed by atoms with Crippen LogP contribution in [-0.4, -0.2) is 10.1 Å². The molecule has 0 bridgehead atoms. The molecule has 0 fully saturated rings. The summed E-state index contributed by atoms with van der Waals surface area (Å²) < 4.78 is -0.979. The average Bonchev–Trinajstić information content (AvgIpc) is 1.67. The molecule has 0 rings (SSSR count).